The molecule has 3 N–H and O–H groups in total. The van der Waals surface area contributed by atoms with E-state index in [2.05, 4.69) is 0 Å². The first kappa shape index (κ1) is 16.1. The van der Waals surface area contributed by atoms with Gasteiger partial charge in [0.25, 0.3) is 0 Å². The second kappa shape index (κ2) is 6.03. The van der Waals surface area contributed by atoms with Gasteiger partial charge in [-0.25, -0.2) is 4.79 Å². The van der Waals surface area contributed by atoms with Crippen molar-refractivity contribution < 1.29 is 14.6 Å². The monoisotopic (exact) mass is 285 g/mol. The minimum absolute atomic E-state index is 0.371. The Kier molecular flexibility index (Phi) is 5.12. The minimum Gasteiger partial charge on any atom is -0.457 e. The van der Waals surface area contributed by atoms with Crippen LogP contribution in [0.1, 0.15) is 39.0 Å². The third kappa shape index (κ3) is 4.93. The lowest BCUT2D eigenvalue weighted by Crippen LogP contribution is -2.55. The third-order valence-electron chi connectivity index (χ3n) is 2.88. The molecule has 19 heavy (non-hydrogen) atoms. The third-order valence-corrected chi connectivity index (χ3v) is 3.82. The molecule has 1 aromatic heterocycles. The highest BCUT2D eigenvalue weighted by Crippen LogP contribution is 2.23. The fourth-order valence-electron chi connectivity index (χ4n) is 1.59. The summed E-state index contributed by atoms with van der Waals surface area (Å²) in [7, 11) is 0. The van der Waals surface area contributed by atoms with Crippen molar-refractivity contribution in [3.05, 3.63) is 22.4 Å². The molecule has 0 fully saturated rings. The molecule has 0 aliphatic heterocycles. The smallest absolute Gasteiger partial charge is 0.354 e. The van der Waals surface area contributed by atoms with Crippen molar-refractivity contribution in [1.82, 2.24) is 0 Å². The zero-order valence-electron chi connectivity index (χ0n) is 12.0. The van der Waals surface area contributed by atoms with E-state index in [1.807, 2.05) is 17.5 Å². The van der Waals surface area contributed by atoms with E-state index in [1.165, 1.54) is 4.88 Å². The summed E-state index contributed by atoms with van der Waals surface area (Å²) in [5.74, 6) is -1.14. The number of esters is 1. The summed E-state index contributed by atoms with van der Waals surface area (Å²) in [6, 6.07) is 4.01. The van der Waals surface area contributed by atoms with Crippen molar-refractivity contribution in [2.75, 3.05) is 0 Å². The summed E-state index contributed by atoms with van der Waals surface area (Å²) in [4.78, 5) is 13.1. The van der Waals surface area contributed by atoms with Gasteiger partial charge in [-0.15, -0.1) is 11.3 Å². The predicted molar refractivity (Wildman–Crippen MR) is 76.8 cm³/mol. The summed E-state index contributed by atoms with van der Waals surface area (Å²) in [6.45, 7) is 7.00. The van der Waals surface area contributed by atoms with E-state index >= 15 is 0 Å². The Morgan fingerprint density at radius 3 is 2.63 bits per heavy atom. The zero-order chi connectivity index (χ0) is 14.7. The second-order valence-corrected chi connectivity index (χ2v) is 6.88. The molecule has 0 aromatic carbocycles. The number of rotatable bonds is 5. The van der Waals surface area contributed by atoms with Crippen LogP contribution < -0.4 is 5.73 Å². The van der Waals surface area contributed by atoms with Crippen LogP contribution in [0.4, 0.5) is 0 Å². The van der Waals surface area contributed by atoms with Crippen LogP contribution in [0.3, 0.4) is 0 Å². The average Bonchev–Trinajstić information content (AvgIpc) is 2.76. The van der Waals surface area contributed by atoms with Crippen LogP contribution in [-0.2, 0) is 16.0 Å². The average molecular weight is 285 g/mol. The fraction of sp³-hybridized carbons (Fsp3) is 0.643. The van der Waals surface area contributed by atoms with E-state index in [0.717, 1.165) is 6.42 Å². The SMILES string of the molecule is C[C@H](CCc1cccs1)C(N)(O)C(=O)OC(C)(C)C. The lowest BCUT2D eigenvalue weighted by Gasteiger charge is -2.31. The van der Waals surface area contributed by atoms with Gasteiger partial charge in [-0.2, -0.15) is 0 Å². The van der Waals surface area contributed by atoms with Gasteiger partial charge >= 0.3 is 5.97 Å². The Morgan fingerprint density at radius 2 is 2.16 bits per heavy atom. The Bertz CT molecular complexity index is 407. The quantitative estimate of drug-likeness (QED) is 0.643. The summed E-state index contributed by atoms with van der Waals surface area (Å²) in [5, 5.41) is 12.2. The largest absolute Gasteiger partial charge is 0.457 e. The van der Waals surface area contributed by atoms with Gasteiger partial charge in [0.2, 0.25) is 5.72 Å². The molecule has 0 aliphatic carbocycles. The van der Waals surface area contributed by atoms with Gasteiger partial charge in [0.05, 0.1) is 0 Å². The topological polar surface area (TPSA) is 72.5 Å². The van der Waals surface area contributed by atoms with Gasteiger partial charge in [-0.1, -0.05) is 13.0 Å². The molecular weight excluding hydrogens is 262 g/mol. The van der Waals surface area contributed by atoms with Crippen molar-refractivity contribution >= 4 is 17.3 Å². The standard InChI is InChI=1S/C14H23NO3S/c1-10(7-8-11-6-5-9-19-11)14(15,17)12(16)18-13(2,3)4/h5-6,9-10,17H,7-8,15H2,1-4H3/t10-,14?/m1/s1. The number of nitrogens with two attached hydrogens (primary N) is 1. The van der Waals surface area contributed by atoms with Crippen LogP contribution in [0.2, 0.25) is 0 Å². The molecule has 0 saturated carbocycles. The first-order valence-electron chi connectivity index (χ1n) is 6.40. The number of carbonyl (C=O) groups is 1. The number of hydrogen-bond acceptors (Lipinski definition) is 5. The molecule has 0 saturated heterocycles. The Morgan fingerprint density at radius 1 is 1.53 bits per heavy atom. The molecule has 5 heteroatoms. The van der Waals surface area contributed by atoms with Gasteiger partial charge < -0.3 is 9.84 Å². The molecule has 0 aliphatic rings. The maximum atomic E-state index is 11.9. The van der Waals surface area contributed by atoms with Crippen molar-refractivity contribution in [2.45, 2.75) is 51.9 Å². The van der Waals surface area contributed by atoms with E-state index in [1.54, 1.807) is 39.0 Å². The molecule has 0 spiro atoms. The van der Waals surface area contributed by atoms with Crippen molar-refractivity contribution in [2.24, 2.45) is 11.7 Å². The number of ether oxygens (including phenoxy) is 1. The molecule has 2 atom stereocenters. The fourth-order valence-corrected chi connectivity index (χ4v) is 2.32. The van der Waals surface area contributed by atoms with E-state index in [4.69, 9.17) is 10.5 Å². The predicted octanol–water partition coefficient (Wildman–Crippen LogP) is 2.31. The molecule has 4 nitrogen and oxygen atoms in total. The van der Waals surface area contributed by atoms with Crippen molar-refractivity contribution in [3.63, 3.8) is 0 Å². The van der Waals surface area contributed by atoms with Crippen molar-refractivity contribution in [3.8, 4) is 0 Å². The molecule has 1 unspecified atom stereocenters. The summed E-state index contributed by atoms with van der Waals surface area (Å²) in [5.41, 5.74) is 3.14. The van der Waals surface area contributed by atoms with E-state index in [-0.39, 0.29) is 5.92 Å². The molecule has 1 aromatic rings. The van der Waals surface area contributed by atoms with E-state index in [9.17, 15) is 9.90 Å². The lowest BCUT2D eigenvalue weighted by atomic mass is 9.93. The van der Waals surface area contributed by atoms with Crippen LogP contribution >= 0.6 is 11.3 Å². The molecular formula is C14H23NO3S. The van der Waals surface area contributed by atoms with Crippen molar-refractivity contribution in [1.29, 1.82) is 0 Å². The van der Waals surface area contributed by atoms with E-state index in [0.29, 0.717) is 6.42 Å². The van der Waals surface area contributed by atoms with Crippen LogP contribution in [0, 0.1) is 5.92 Å². The van der Waals surface area contributed by atoms with Crippen LogP contribution in [0.25, 0.3) is 0 Å². The number of carbonyl (C=O) groups excluding carboxylic acids is 1. The highest BCUT2D eigenvalue weighted by molar-refractivity contribution is 7.09. The van der Waals surface area contributed by atoms with Gasteiger partial charge in [0, 0.05) is 10.8 Å². The summed E-state index contributed by atoms with van der Waals surface area (Å²) in [6.07, 6.45) is 1.42. The molecule has 1 rings (SSSR count). The van der Waals surface area contributed by atoms with Crippen LogP contribution in [-0.4, -0.2) is 22.4 Å². The normalized spacial score (nSPS) is 16.7. The lowest BCUT2D eigenvalue weighted by molar-refractivity contribution is -0.182. The highest BCUT2D eigenvalue weighted by Gasteiger charge is 2.40. The summed E-state index contributed by atoms with van der Waals surface area (Å²) >= 11 is 1.66. The Balaban J connectivity index is 2.57. The molecule has 1 heterocycles. The molecule has 0 bridgehead atoms. The minimum atomic E-state index is -1.94. The Labute approximate surface area is 118 Å². The zero-order valence-corrected chi connectivity index (χ0v) is 12.8. The molecule has 0 amide bonds. The molecule has 0 radical (unpaired) electrons. The Hall–Kier alpha value is -0.910. The summed E-state index contributed by atoms with van der Waals surface area (Å²) < 4.78 is 5.15. The van der Waals surface area contributed by atoms with Gasteiger partial charge in [-0.3, -0.25) is 5.73 Å². The van der Waals surface area contributed by atoms with Gasteiger partial charge in [0.15, 0.2) is 0 Å². The van der Waals surface area contributed by atoms with Crippen LogP contribution in [0.15, 0.2) is 17.5 Å². The number of aryl methyl sites for hydroxylation is 1. The maximum Gasteiger partial charge on any atom is 0.354 e. The van der Waals surface area contributed by atoms with Crippen LogP contribution in [0.5, 0.6) is 0 Å². The van der Waals surface area contributed by atoms with Gasteiger partial charge in [-0.05, 0) is 45.1 Å². The number of thiophene rings is 1. The first-order chi connectivity index (χ1) is 8.63. The first-order valence-corrected chi connectivity index (χ1v) is 7.28. The van der Waals surface area contributed by atoms with E-state index < -0.39 is 17.3 Å². The maximum absolute atomic E-state index is 11.9. The number of aliphatic hydroxyl groups is 1. The van der Waals surface area contributed by atoms with Gasteiger partial charge in [0.1, 0.15) is 5.60 Å². The number of hydrogen-bond donors (Lipinski definition) is 2. The molecule has 108 valence electrons. The highest BCUT2D eigenvalue weighted by atomic mass is 32.1. The second-order valence-electron chi connectivity index (χ2n) is 5.85.